The fraction of sp³-hybridized carbons (Fsp3) is 0.500. The number of H-pyrrole nitrogens is 1. The van der Waals surface area contributed by atoms with Gasteiger partial charge in [-0.3, -0.25) is 9.59 Å². The van der Waals surface area contributed by atoms with Gasteiger partial charge in [0.05, 0.1) is 17.3 Å². The molecule has 1 amide bonds. The van der Waals surface area contributed by atoms with E-state index in [-0.39, 0.29) is 34.9 Å². The monoisotopic (exact) mass is 463 g/mol. The number of ketones is 1. The van der Waals surface area contributed by atoms with Crippen LogP contribution in [-0.4, -0.2) is 75.1 Å². The number of carbonyl (C=O) groups excluding carboxylic acids is 2. The third-order valence-electron chi connectivity index (χ3n) is 5.62. The number of likely N-dealkylation sites (tertiary alicyclic amines) is 1. The molecule has 31 heavy (non-hydrogen) atoms. The number of hydrogen-bond donors (Lipinski definition) is 1. The van der Waals surface area contributed by atoms with Gasteiger partial charge in [-0.15, -0.1) is 16.8 Å². The molecular formula is C20H25N5O4S2. The quantitative estimate of drug-likeness (QED) is 0.361. The number of carbonyl (C=O) groups is 2. The lowest BCUT2D eigenvalue weighted by molar-refractivity contribution is 0.0787. The number of thioether (sulfide) groups is 1. The second kappa shape index (κ2) is 8.99. The Morgan fingerprint density at radius 1 is 1.29 bits per heavy atom. The van der Waals surface area contributed by atoms with Crippen molar-refractivity contribution in [1.29, 1.82) is 0 Å². The van der Waals surface area contributed by atoms with Crippen molar-refractivity contribution < 1.29 is 18.0 Å². The second-order valence-corrected chi connectivity index (χ2v) is 11.0. The van der Waals surface area contributed by atoms with E-state index >= 15 is 0 Å². The molecule has 4 rings (SSSR count). The smallest absolute Gasteiger partial charge is 0.270 e. The summed E-state index contributed by atoms with van der Waals surface area (Å²) in [5.74, 6) is 0.593. The highest BCUT2D eigenvalue weighted by molar-refractivity contribution is 7.99. The van der Waals surface area contributed by atoms with Crippen LogP contribution in [-0.2, 0) is 16.4 Å². The molecule has 2 aliphatic heterocycles. The van der Waals surface area contributed by atoms with Crippen LogP contribution in [0.4, 0.5) is 0 Å². The molecule has 166 valence electrons. The molecule has 2 aliphatic rings. The van der Waals surface area contributed by atoms with Gasteiger partial charge in [0.1, 0.15) is 11.5 Å². The van der Waals surface area contributed by atoms with Crippen molar-refractivity contribution in [2.45, 2.75) is 36.9 Å². The van der Waals surface area contributed by atoms with Crippen molar-refractivity contribution in [3.8, 4) is 0 Å². The Labute approximate surface area is 185 Å². The molecule has 2 aromatic heterocycles. The molecule has 2 aromatic rings. The number of aromatic nitrogens is 4. The number of sulfone groups is 1. The van der Waals surface area contributed by atoms with Crippen molar-refractivity contribution in [2.24, 2.45) is 0 Å². The van der Waals surface area contributed by atoms with E-state index in [1.807, 2.05) is 4.57 Å². The number of nitrogens with zero attached hydrogens (tertiary/aromatic N) is 4. The molecule has 0 bridgehead atoms. The summed E-state index contributed by atoms with van der Waals surface area (Å²) in [7, 11) is -3.04. The summed E-state index contributed by atoms with van der Waals surface area (Å²) in [6, 6.07) is 1.60. The van der Waals surface area contributed by atoms with E-state index in [1.54, 1.807) is 23.2 Å². The van der Waals surface area contributed by atoms with E-state index in [0.29, 0.717) is 35.2 Å². The minimum Gasteiger partial charge on any atom is -0.356 e. The maximum absolute atomic E-state index is 12.7. The zero-order valence-corrected chi connectivity index (χ0v) is 18.8. The first-order valence-corrected chi connectivity index (χ1v) is 13.1. The summed E-state index contributed by atoms with van der Waals surface area (Å²) in [4.78, 5) is 29.8. The van der Waals surface area contributed by atoms with E-state index < -0.39 is 9.84 Å². The van der Waals surface area contributed by atoms with Crippen LogP contribution >= 0.6 is 11.8 Å². The van der Waals surface area contributed by atoms with Crippen molar-refractivity contribution in [3.63, 3.8) is 0 Å². The van der Waals surface area contributed by atoms with Gasteiger partial charge in [0.2, 0.25) is 0 Å². The van der Waals surface area contributed by atoms with Gasteiger partial charge in [-0.05, 0) is 25.3 Å². The highest BCUT2D eigenvalue weighted by Crippen LogP contribution is 2.30. The number of amides is 1. The van der Waals surface area contributed by atoms with Crippen molar-refractivity contribution >= 4 is 33.3 Å². The Morgan fingerprint density at radius 2 is 2.06 bits per heavy atom. The van der Waals surface area contributed by atoms with E-state index in [1.165, 1.54) is 11.8 Å². The fourth-order valence-corrected chi connectivity index (χ4v) is 6.58. The second-order valence-electron chi connectivity index (χ2n) is 7.85. The van der Waals surface area contributed by atoms with Crippen LogP contribution in [0, 0.1) is 0 Å². The van der Waals surface area contributed by atoms with E-state index in [9.17, 15) is 18.0 Å². The number of hydrogen-bond acceptors (Lipinski definition) is 7. The van der Waals surface area contributed by atoms with Crippen molar-refractivity contribution in [1.82, 2.24) is 24.6 Å². The van der Waals surface area contributed by atoms with Crippen LogP contribution in [0.2, 0.25) is 0 Å². The molecule has 2 fully saturated rings. The Kier molecular flexibility index (Phi) is 6.33. The maximum Gasteiger partial charge on any atom is 0.270 e. The first-order chi connectivity index (χ1) is 14.9. The molecule has 0 unspecified atom stereocenters. The van der Waals surface area contributed by atoms with Gasteiger partial charge < -0.3 is 14.5 Å². The molecule has 0 spiro atoms. The number of allylic oxidation sites excluding steroid dienone is 1. The molecule has 0 radical (unpaired) electrons. The highest BCUT2D eigenvalue weighted by Gasteiger charge is 2.33. The number of Topliss-reactive ketones (excluding diaryl/α,β-unsaturated/α-hetero) is 1. The normalized spacial score (nSPS) is 20.3. The average molecular weight is 464 g/mol. The Hall–Kier alpha value is -2.40. The van der Waals surface area contributed by atoms with Crippen LogP contribution < -0.4 is 0 Å². The average Bonchev–Trinajstić information content (AvgIpc) is 3.52. The maximum atomic E-state index is 12.7. The van der Waals surface area contributed by atoms with Crippen LogP contribution in [0.1, 0.15) is 51.9 Å². The molecule has 11 heteroatoms. The number of aromatic amines is 1. The van der Waals surface area contributed by atoms with E-state index in [4.69, 9.17) is 0 Å². The summed E-state index contributed by atoms with van der Waals surface area (Å²) in [6.07, 6.45) is 5.81. The first-order valence-electron chi connectivity index (χ1n) is 10.3. The van der Waals surface area contributed by atoms with Crippen molar-refractivity contribution in [3.05, 3.63) is 42.0 Å². The van der Waals surface area contributed by atoms with Gasteiger partial charge >= 0.3 is 0 Å². The fourth-order valence-electron chi connectivity index (χ4n) is 3.99. The minimum absolute atomic E-state index is 0.0725. The van der Waals surface area contributed by atoms with Crippen LogP contribution in [0.5, 0.6) is 0 Å². The largest absolute Gasteiger partial charge is 0.356 e. The SMILES string of the molecule is C=CCn1c(SCC(=O)c2c[nH]c(C(=O)N3CCCC3)c2)nnc1[C@@H]1CCS(=O)(=O)C1. The van der Waals surface area contributed by atoms with Gasteiger partial charge in [-0.2, -0.15) is 0 Å². The summed E-state index contributed by atoms with van der Waals surface area (Å²) in [5, 5.41) is 8.96. The zero-order valence-electron chi connectivity index (χ0n) is 17.1. The Morgan fingerprint density at radius 3 is 2.74 bits per heavy atom. The van der Waals surface area contributed by atoms with Gasteiger partial charge in [-0.25, -0.2) is 8.42 Å². The van der Waals surface area contributed by atoms with Crippen LogP contribution in [0.25, 0.3) is 0 Å². The summed E-state index contributed by atoms with van der Waals surface area (Å²) >= 11 is 1.25. The molecule has 0 saturated carbocycles. The Bertz CT molecular complexity index is 1100. The van der Waals surface area contributed by atoms with E-state index in [0.717, 1.165) is 25.9 Å². The van der Waals surface area contributed by atoms with E-state index in [2.05, 4.69) is 21.8 Å². The summed E-state index contributed by atoms with van der Waals surface area (Å²) in [5.41, 5.74) is 0.877. The molecule has 4 heterocycles. The van der Waals surface area contributed by atoms with Crippen LogP contribution in [0.15, 0.2) is 30.1 Å². The summed E-state index contributed by atoms with van der Waals surface area (Å²) < 4.78 is 25.5. The molecule has 9 nitrogen and oxygen atoms in total. The third-order valence-corrected chi connectivity index (χ3v) is 8.35. The molecule has 0 aliphatic carbocycles. The number of rotatable bonds is 8. The van der Waals surface area contributed by atoms with Crippen molar-refractivity contribution in [2.75, 3.05) is 30.3 Å². The van der Waals surface area contributed by atoms with Gasteiger partial charge in [0.25, 0.3) is 5.91 Å². The lowest BCUT2D eigenvalue weighted by atomic mass is 10.1. The molecular weight excluding hydrogens is 438 g/mol. The van der Waals surface area contributed by atoms with Gasteiger partial charge in [0.15, 0.2) is 20.8 Å². The first kappa shape index (κ1) is 21.8. The predicted octanol–water partition coefficient (Wildman–Crippen LogP) is 1.91. The summed E-state index contributed by atoms with van der Waals surface area (Å²) in [6.45, 7) is 5.70. The number of nitrogens with one attached hydrogen (secondary N) is 1. The molecule has 0 aromatic carbocycles. The molecule has 2 saturated heterocycles. The Balaban J connectivity index is 1.42. The molecule has 1 N–H and O–H groups in total. The third kappa shape index (κ3) is 4.77. The minimum atomic E-state index is -3.04. The lowest BCUT2D eigenvalue weighted by Crippen LogP contribution is -2.27. The standard InChI is InChI=1S/C20H25N5O4S2/c1-2-6-25-18(14-5-9-31(28,29)13-14)22-23-20(25)30-12-17(26)15-10-16(21-11-15)19(27)24-7-3-4-8-24/h2,10-11,14,21H,1,3-9,12-13H2/t14-/m1/s1. The predicted molar refractivity (Wildman–Crippen MR) is 117 cm³/mol. The van der Waals surface area contributed by atoms with Gasteiger partial charge in [0, 0.05) is 37.3 Å². The lowest BCUT2D eigenvalue weighted by Gasteiger charge is -2.13. The topological polar surface area (TPSA) is 118 Å². The highest BCUT2D eigenvalue weighted by atomic mass is 32.2. The molecule has 1 atom stereocenters. The van der Waals surface area contributed by atoms with Crippen LogP contribution in [0.3, 0.4) is 0 Å². The van der Waals surface area contributed by atoms with Gasteiger partial charge in [-0.1, -0.05) is 17.8 Å². The zero-order chi connectivity index (χ0) is 22.0.